The Morgan fingerprint density at radius 3 is 2.65 bits per heavy atom. The Kier molecular flexibility index (Phi) is 3.94. The second kappa shape index (κ2) is 5.41. The molecule has 0 aliphatic rings. The number of carbonyl (C=O) groups excluding carboxylic acids is 2. The molecule has 88 valence electrons. The standard InChI is InChI=1S/C9H9N5O3/c1-5(15)11-6-3-8(17-2)14-9(12-6)13-7(16)4-10/h3H,1-2H3,(H2,11,12,13,14,15,16). The van der Waals surface area contributed by atoms with Crippen LogP contribution in [0.15, 0.2) is 6.07 Å². The fourth-order valence-electron chi connectivity index (χ4n) is 0.959. The number of hydrogen-bond donors (Lipinski definition) is 2. The van der Waals surface area contributed by atoms with E-state index in [0.717, 1.165) is 0 Å². The quantitative estimate of drug-likeness (QED) is 0.707. The second-order valence-corrected chi connectivity index (χ2v) is 2.87. The van der Waals surface area contributed by atoms with Crippen LogP contribution in [0.2, 0.25) is 0 Å². The van der Waals surface area contributed by atoms with Crippen LogP contribution in [-0.4, -0.2) is 28.9 Å². The number of nitriles is 1. The minimum atomic E-state index is -0.910. The fourth-order valence-corrected chi connectivity index (χ4v) is 0.959. The van der Waals surface area contributed by atoms with Crippen molar-refractivity contribution in [3.8, 4) is 11.9 Å². The number of nitrogens with zero attached hydrogens (tertiary/aromatic N) is 3. The SMILES string of the molecule is COc1cc(NC(C)=O)nc(NC(=O)C#N)n1. The average molecular weight is 235 g/mol. The highest BCUT2D eigenvalue weighted by molar-refractivity contribution is 6.01. The van der Waals surface area contributed by atoms with Crippen molar-refractivity contribution in [3.63, 3.8) is 0 Å². The molecule has 0 fully saturated rings. The van der Waals surface area contributed by atoms with Gasteiger partial charge < -0.3 is 10.1 Å². The maximum absolute atomic E-state index is 10.9. The van der Waals surface area contributed by atoms with E-state index in [1.807, 2.05) is 0 Å². The molecule has 0 saturated heterocycles. The number of amides is 2. The van der Waals surface area contributed by atoms with Crippen LogP contribution in [0.25, 0.3) is 0 Å². The van der Waals surface area contributed by atoms with E-state index in [-0.39, 0.29) is 23.6 Å². The van der Waals surface area contributed by atoms with Gasteiger partial charge in [-0.3, -0.25) is 14.9 Å². The molecule has 0 aliphatic carbocycles. The molecule has 0 unspecified atom stereocenters. The molecule has 17 heavy (non-hydrogen) atoms. The summed E-state index contributed by atoms with van der Waals surface area (Å²) < 4.78 is 4.86. The van der Waals surface area contributed by atoms with Gasteiger partial charge in [0.15, 0.2) is 6.07 Å². The van der Waals surface area contributed by atoms with Gasteiger partial charge in [-0.1, -0.05) is 0 Å². The fraction of sp³-hybridized carbons (Fsp3) is 0.222. The Morgan fingerprint density at radius 2 is 2.12 bits per heavy atom. The zero-order chi connectivity index (χ0) is 12.8. The number of ether oxygens (including phenoxy) is 1. The van der Waals surface area contributed by atoms with Crippen LogP contribution >= 0.6 is 0 Å². The highest BCUT2D eigenvalue weighted by Crippen LogP contribution is 2.15. The number of methoxy groups -OCH3 is 1. The minimum absolute atomic E-state index is 0.125. The number of rotatable bonds is 3. The average Bonchev–Trinajstić information content (AvgIpc) is 2.27. The molecule has 0 bridgehead atoms. The van der Waals surface area contributed by atoms with Crippen LogP contribution in [0.3, 0.4) is 0 Å². The summed E-state index contributed by atoms with van der Waals surface area (Å²) in [5.74, 6) is -1.05. The third-order valence-electron chi connectivity index (χ3n) is 1.54. The number of aromatic nitrogens is 2. The molecular weight excluding hydrogens is 226 g/mol. The van der Waals surface area contributed by atoms with E-state index in [0.29, 0.717) is 0 Å². The van der Waals surface area contributed by atoms with E-state index in [2.05, 4.69) is 20.6 Å². The zero-order valence-electron chi connectivity index (χ0n) is 9.14. The molecule has 1 aromatic heterocycles. The predicted molar refractivity (Wildman–Crippen MR) is 57.1 cm³/mol. The van der Waals surface area contributed by atoms with Gasteiger partial charge in [0.05, 0.1) is 7.11 Å². The lowest BCUT2D eigenvalue weighted by molar-refractivity contribution is -0.114. The first-order chi connectivity index (χ1) is 8.05. The van der Waals surface area contributed by atoms with Crippen LogP contribution in [0.4, 0.5) is 11.8 Å². The summed E-state index contributed by atoms with van der Waals surface area (Å²) in [7, 11) is 1.37. The van der Waals surface area contributed by atoms with Crippen molar-refractivity contribution in [1.29, 1.82) is 5.26 Å². The molecule has 0 aliphatic heterocycles. The maximum Gasteiger partial charge on any atom is 0.329 e. The molecule has 8 nitrogen and oxygen atoms in total. The third kappa shape index (κ3) is 3.75. The van der Waals surface area contributed by atoms with Gasteiger partial charge in [0.2, 0.25) is 17.7 Å². The molecule has 0 atom stereocenters. The largest absolute Gasteiger partial charge is 0.481 e. The van der Waals surface area contributed by atoms with Gasteiger partial charge in [-0.15, -0.1) is 0 Å². The Morgan fingerprint density at radius 1 is 1.41 bits per heavy atom. The first-order valence-corrected chi connectivity index (χ1v) is 4.47. The summed E-state index contributed by atoms with van der Waals surface area (Å²) in [6.45, 7) is 1.31. The van der Waals surface area contributed by atoms with Gasteiger partial charge in [0.25, 0.3) is 0 Å². The van der Waals surface area contributed by atoms with Crippen LogP contribution < -0.4 is 15.4 Å². The van der Waals surface area contributed by atoms with Crippen molar-refractivity contribution < 1.29 is 14.3 Å². The summed E-state index contributed by atoms with van der Waals surface area (Å²) in [5, 5.41) is 12.9. The molecule has 0 radical (unpaired) electrons. The number of anilines is 2. The Bertz CT molecular complexity index is 494. The van der Waals surface area contributed by atoms with Gasteiger partial charge in [0, 0.05) is 13.0 Å². The van der Waals surface area contributed by atoms with E-state index in [4.69, 9.17) is 10.00 Å². The van der Waals surface area contributed by atoms with Gasteiger partial charge in [-0.25, -0.2) is 0 Å². The van der Waals surface area contributed by atoms with Crippen LogP contribution in [0.5, 0.6) is 5.88 Å². The van der Waals surface area contributed by atoms with Crippen molar-refractivity contribution in [2.24, 2.45) is 0 Å². The molecule has 0 aromatic carbocycles. The minimum Gasteiger partial charge on any atom is -0.481 e. The summed E-state index contributed by atoms with van der Waals surface area (Å²) in [4.78, 5) is 29.3. The number of hydrogen-bond acceptors (Lipinski definition) is 6. The molecular formula is C9H9N5O3. The molecule has 1 rings (SSSR count). The first kappa shape index (κ1) is 12.4. The van der Waals surface area contributed by atoms with E-state index in [1.165, 1.54) is 26.2 Å². The monoisotopic (exact) mass is 235 g/mol. The van der Waals surface area contributed by atoms with Crippen LogP contribution in [-0.2, 0) is 9.59 Å². The van der Waals surface area contributed by atoms with Crippen LogP contribution in [0, 0.1) is 11.3 Å². The smallest absolute Gasteiger partial charge is 0.329 e. The van der Waals surface area contributed by atoms with Crippen molar-refractivity contribution in [1.82, 2.24) is 9.97 Å². The summed E-state index contributed by atoms with van der Waals surface area (Å²) >= 11 is 0. The maximum atomic E-state index is 10.9. The summed E-state index contributed by atoms with van der Waals surface area (Å²) in [5.41, 5.74) is 0. The van der Waals surface area contributed by atoms with Gasteiger partial charge in [0.1, 0.15) is 5.82 Å². The van der Waals surface area contributed by atoms with Gasteiger partial charge in [-0.2, -0.15) is 15.2 Å². The highest BCUT2D eigenvalue weighted by atomic mass is 16.5. The Hall–Kier alpha value is -2.69. The molecule has 1 heterocycles. The zero-order valence-corrected chi connectivity index (χ0v) is 9.14. The lowest BCUT2D eigenvalue weighted by atomic mass is 10.5. The van der Waals surface area contributed by atoms with Crippen molar-refractivity contribution >= 4 is 23.6 Å². The van der Waals surface area contributed by atoms with Crippen molar-refractivity contribution in [2.45, 2.75) is 6.92 Å². The highest BCUT2D eigenvalue weighted by Gasteiger charge is 2.08. The normalized spacial score (nSPS) is 9.00. The molecule has 2 amide bonds. The first-order valence-electron chi connectivity index (χ1n) is 4.47. The van der Waals surface area contributed by atoms with Gasteiger partial charge >= 0.3 is 5.91 Å². The predicted octanol–water partition coefficient (Wildman–Crippen LogP) is -0.0943. The molecule has 0 spiro atoms. The molecule has 8 heteroatoms. The summed E-state index contributed by atoms with van der Waals surface area (Å²) in [6.07, 6.45) is 0. The molecule has 1 aromatic rings. The number of nitrogens with one attached hydrogen (secondary N) is 2. The second-order valence-electron chi connectivity index (χ2n) is 2.87. The van der Waals surface area contributed by atoms with E-state index in [1.54, 1.807) is 0 Å². The van der Waals surface area contributed by atoms with E-state index < -0.39 is 5.91 Å². The van der Waals surface area contributed by atoms with Crippen molar-refractivity contribution in [2.75, 3.05) is 17.7 Å². The molecule has 0 saturated carbocycles. The number of carbonyl (C=O) groups is 2. The summed E-state index contributed by atoms with van der Waals surface area (Å²) in [6, 6.07) is 2.73. The van der Waals surface area contributed by atoms with Crippen molar-refractivity contribution in [3.05, 3.63) is 6.07 Å². The lowest BCUT2D eigenvalue weighted by Crippen LogP contribution is -2.14. The van der Waals surface area contributed by atoms with E-state index in [9.17, 15) is 9.59 Å². The Labute approximate surface area is 96.6 Å². The molecule has 2 N–H and O–H groups in total. The van der Waals surface area contributed by atoms with E-state index >= 15 is 0 Å². The van der Waals surface area contributed by atoms with Gasteiger partial charge in [-0.05, 0) is 0 Å². The topological polar surface area (TPSA) is 117 Å². The Balaban J connectivity index is 3.01. The van der Waals surface area contributed by atoms with Crippen LogP contribution in [0.1, 0.15) is 6.92 Å². The lowest BCUT2D eigenvalue weighted by Gasteiger charge is -2.06. The third-order valence-corrected chi connectivity index (χ3v) is 1.54.